The number of Topliss-reactive ketones (excluding diaryl/α,β-unsaturated/α-hetero) is 1. The van der Waals surface area contributed by atoms with Crippen LogP contribution < -0.4 is 10.6 Å². The number of nitrogens with zero attached hydrogens (tertiary/aromatic N) is 1. The molecular formula is C13H23N3O. The molecule has 4 nitrogen and oxygen atoms in total. The van der Waals surface area contributed by atoms with Crippen LogP contribution in [0.5, 0.6) is 0 Å². The summed E-state index contributed by atoms with van der Waals surface area (Å²) in [6.45, 7) is 3.11. The first-order chi connectivity index (χ1) is 8.22. The quantitative estimate of drug-likeness (QED) is 0.736. The molecule has 3 saturated heterocycles. The largest absolute Gasteiger partial charge is 0.302 e. The van der Waals surface area contributed by atoms with Crippen LogP contribution >= 0.6 is 0 Å². The second-order valence-corrected chi connectivity index (χ2v) is 5.75. The van der Waals surface area contributed by atoms with E-state index in [4.69, 9.17) is 0 Å². The maximum Gasteiger partial charge on any atom is 0.149 e. The number of rotatable bonds is 2. The lowest BCUT2D eigenvalue weighted by Crippen LogP contribution is -2.51. The van der Waals surface area contributed by atoms with Crippen molar-refractivity contribution in [1.82, 2.24) is 15.5 Å². The first-order valence-corrected chi connectivity index (χ1v) is 6.96. The molecule has 0 bridgehead atoms. The van der Waals surface area contributed by atoms with E-state index in [0.29, 0.717) is 30.5 Å². The van der Waals surface area contributed by atoms with Gasteiger partial charge in [-0.25, -0.2) is 0 Å². The Morgan fingerprint density at radius 1 is 1.41 bits per heavy atom. The van der Waals surface area contributed by atoms with Crippen molar-refractivity contribution in [2.24, 2.45) is 11.8 Å². The summed E-state index contributed by atoms with van der Waals surface area (Å²) < 4.78 is 0. The Balaban J connectivity index is 1.75. The molecule has 3 aliphatic heterocycles. The van der Waals surface area contributed by atoms with Crippen molar-refractivity contribution >= 4 is 5.78 Å². The summed E-state index contributed by atoms with van der Waals surface area (Å²) in [5, 5.41) is 7.24. The van der Waals surface area contributed by atoms with Gasteiger partial charge in [0.15, 0.2) is 0 Å². The lowest BCUT2D eigenvalue weighted by Gasteiger charge is -2.30. The zero-order valence-electron chi connectivity index (χ0n) is 10.8. The number of carbonyl (C=O) groups excluding carboxylic acids is 1. The molecule has 2 N–H and O–H groups in total. The minimum atomic E-state index is 0.158. The molecule has 5 atom stereocenters. The number of hydrogen-bond donors (Lipinski definition) is 2. The summed E-state index contributed by atoms with van der Waals surface area (Å²) in [6.07, 6.45) is 5.22. The van der Waals surface area contributed by atoms with E-state index in [1.54, 1.807) is 0 Å². The molecule has 0 saturated carbocycles. The molecule has 96 valence electrons. The summed E-state index contributed by atoms with van der Waals surface area (Å²) >= 11 is 0. The molecule has 4 heteroatoms. The lowest BCUT2D eigenvalue weighted by atomic mass is 9.84. The number of likely N-dealkylation sites (tertiary alicyclic amines) is 1. The van der Waals surface area contributed by atoms with Gasteiger partial charge in [0.1, 0.15) is 5.78 Å². The SMILES string of the molecule is CCC(=O)C1CC2C3CCCNC3NC2N1C. The third kappa shape index (κ3) is 1.74. The average Bonchev–Trinajstić information content (AvgIpc) is 2.86. The first-order valence-electron chi connectivity index (χ1n) is 6.96. The number of ketones is 1. The first kappa shape index (κ1) is 11.6. The molecule has 17 heavy (non-hydrogen) atoms. The van der Waals surface area contributed by atoms with Crippen LogP contribution in [-0.4, -0.2) is 42.6 Å². The van der Waals surface area contributed by atoms with Crippen molar-refractivity contribution in [1.29, 1.82) is 0 Å². The monoisotopic (exact) mass is 237 g/mol. The van der Waals surface area contributed by atoms with Crippen molar-refractivity contribution in [3.63, 3.8) is 0 Å². The minimum Gasteiger partial charge on any atom is -0.302 e. The van der Waals surface area contributed by atoms with E-state index in [2.05, 4.69) is 22.6 Å². The summed E-state index contributed by atoms with van der Waals surface area (Å²) in [4.78, 5) is 14.2. The number of nitrogens with one attached hydrogen (secondary N) is 2. The number of piperidine rings is 1. The molecule has 0 spiro atoms. The number of hydrogen-bond acceptors (Lipinski definition) is 4. The Kier molecular flexibility index (Phi) is 2.97. The summed E-state index contributed by atoms with van der Waals surface area (Å²) in [7, 11) is 2.10. The van der Waals surface area contributed by atoms with Crippen molar-refractivity contribution in [3.8, 4) is 0 Å². The van der Waals surface area contributed by atoms with Gasteiger partial charge < -0.3 is 5.32 Å². The van der Waals surface area contributed by atoms with Crippen molar-refractivity contribution in [3.05, 3.63) is 0 Å². The molecule has 0 amide bonds. The minimum absolute atomic E-state index is 0.158. The van der Waals surface area contributed by atoms with Crippen LogP contribution in [0.4, 0.5) is 0 Å². The second-order valence-electron chi connectivity index (χ2n) is 5.75. The van der Waals surface area contributed by atoms with Crippen LogP contribution in [0.3, 0.4) is 0 Å². The Labute approximate surface area is 103 Å². The fourth-order valence-electron chi connectivity index (χ4n) is 4.03. The van der Waals surface area contributed by atoms with E-state index in [9.17, 15) is 4.79 Å². The third-order valence-electron chi connectivity index (χ3n) is 4.96. The maximum absolute atomic E-state index is 11.9. The van der Waals surface area contributed by atoms with Crippen LogP contribution in [0, 0.1) is 11.8 Å². The number of carbonyl (C=O) groups is 1. The van der Waals surface area contributed by atoms with E-state index >= 15 is 0 Å². The highest BCUT2D eigenvalue weighted by Gasteiger charge is 2.52. The van der Waals surface area contributed by atoms with Gasteiger partial charge >= 0.3 is 0 Å². The lowest BCUT2D eigenvalue weighted by molar-refractivity contribution is -0.123. The van der Waals surface area contributed by atoms with Gasteiger partial charge in [0.25, 0.3) is 0 Å². The van der Waals surface area contributed by atoms with Gasteiger partial charge in [0.05, 0.1) is 18.4 Å². The van der Waals surface area contributed by atoms with Crippen molar-refractivity contribution in [2.75, 3.05) is 13.6 Å². The molecule has 0 aromatic rings. The molecule has 3 fully saturated rings. The number of likely N-dealkylation sites (N-methyl/N-ethyl adjacent to an activating group) is 1. The van der Waals surface area contributed by atoms with Gasteiger partial charge in [-0.15, -0.1) is 0 Å². The molecule has 3 rings (SSSR count). The van der Waals surface area contributed by atoms with Gasteiger partial charge in [0, 0.05) is 6.42 Å². The van der Waals surface area contributed by atoms with Gasteiger partial charge in [0.2, 0.25) is 0 Å². The molecule has 3 heterocycles. The maximum atomic E-state index is 11.9. The summed E-state index contributed by atoms with van der Waals surface area (Å²) in [6, 6.07) is 0.158. The average molecular weight is 237 g/mol. The summed E-state index contributed by atoms with van der Waals surface area (Å²) in [5.41, 5.74) is 0. The molecule has 0 aromatic heterocycles. The Morgan fingerprint density at radius 3 is 3.00 bits per heavy atom. The Morgan fingerprint density at radius 2 is 2.24 bits per heavy atom. The zero-order valence-corrected chi connectivity index (χ0v) is 10.8. The van der Waals surface area contributed by atoms with Gasteiger partial charge in [-0.3, -0.25) is 15.0 Å². The van der Waals surface area contributed by atoms with Gasteiger partial charge in [-0.2, -0.15) is 0 Å². The van der Waals surface area contributed by atoms with Gasteiger partial charge in [-0.1, -0.05) is 6.92 Å². The van der Waals surface area contributed by atoms with Crippen LogP contribution in [0.2, 0.25) is 0 Å². The predicted molar refractivity (Wildman–Crippen MR) is 66.4 cm³/mol. The second kappa shape index (κ2) is 4.34. The normalized spacial score (nSPS) is 45.6. The highest BCUT2D eigenvalue weighted by molar-refractivity contribution is 5.84. The topological polar surface area (TPSA) is 44.4 Å². The third-order valence-corrected chi connectivity index (χ3v) is 4.96. The van der Waals surface area contributed by atoms with E-state index < -0.39 is 0 Å². The fourth-order valence-corrected chi connectivity index (χ4v) is 4.03. The summed E-state index contributed by atoms with van der Waals surface area (Å²) in [5.74, 6) is 1.80. The predicted octanol–water partition coefficient (Wildman–Crippen LogP) is 0.541. The molecular weight excluding hydrogens is 214 g/mol. The molecule has 3 aliphatic rings. The highest BCUT2D eigenvalue weighted by atomic mass is 16.1. The molecule has 5 unspecified atom stereocenters. The van der Waals surface area contributed by atoms with E-state index in [0.717, 1.165) is 18.9 Å². The van der Waals surface area contributed by atoms with E-state index in [-0.39, 0.29) is 6.04 Å². The zero-order chi connectivity index (χ0) is 12.0. The van der Waals surface area contributed by atoms with E-state index in [1.807, 2.05) is 6.92 Å². The molecule has 0 radical (unpaired) electrons. The molecule has 0 aromatic carbocycles. The Hall–Kier alpha value is -0.450. The van der Waals surface area contributed by atoms with E-state index in [1.165, 1.54) is 12.8 Å². The van der Waals surface area contributed by atoms with Crippen LogP contribution in [-0.2, 0) is 4.79 Å². The van der Waals surface area contributed by atoms with Crippen LogP contribution in [0.15, 0.2) is 0 Å². The van der Waals surface area contributed by atoms with Crippen molar-refractivity contribution in [2.45, 2.75) is 51.0 Å². The smallest absolute Gasteiger partial charge is 0.149 e. The molecule has 0 aliphatic carbocycles. The standard InChI is InChI=1S/C13H23N3O/c1-3-11(17)10-7-9-8-5-4-6-14-12(8)15-13(9)16(10)2/h8-10,12-15H,3-7H2,1-2H3. The number of fused-ring (bicyclic) bond motifs is 3. The highest BCUT2D eigenvalue weighted by Crippen LogP contribution is 2.42. The fraction of sp³-hybridized carbons (Fsp3) is 0.923. The Bertz CT molecular complexity index is 320. The van der Waals surface area contributed by atoms with Crippen molar-refractivity contribution < 1.29 is 4.79 Å². The van der Waals surface area contributed by atoms with Gasteiger partial charge in [-0.05, 0) is 44.7 Å². The van der Waals surface area contributed by atoms with Crippen LogP contribution in [0.1, 0.15) is 32.6 Å². The van der Waals surface area contributed by atoms with Crippen LogP contribution in [0.25, 0.3) is 0 Å².